The second-order valence-corrected chi connectivity index (χ2v) is 2.14. The van der Waals surface area contributed by atoms with E-state index in [1.54, 1.807) is 0 Å². The number of nitrogens with one attached hydrogen (secondary N) is 1. The van der Waals surface area contributed by atoms with Gasteiger partial charge in [-0.25, -0.2) is 0 Å². The summed E-state index contributed by atoms with van der Waals surface area (Å²) in [5.74, 6) is 5.19. The highest BCUT2D eigenvalue weighted by Crippen LogP contribution is 2.10. The van der Waals surface area contributed by atoms with Gasteiger partial charge in [0.15, 0.2) is 0 Å². The third-order valence-electron chi connectivity index (χ3n) is 1.59. The quantitative estimate of drug-likeness (QED) is 0.363. The summed E-state index contributed by atoms with van der Waals surface area (Å²) in [6.07, 6.45) is 1.33. The summed E-state index contributed by atoms with van der Waals surface area (Å²) >= 11 is 0. The molecule has 0 spiro atoms. The molecule has 3 N–H and O–H groups in total. The number of hydrogen-bond acceptors (Lipinski definition) is 3. The summed E-state index contributed by atoms with van der Waals surface area (Å²) in [5.41, 5.74) is 2.69. The second kappa shape index (κ2) is 2.44. The first-order valence-electron chi connectivity index (χ1n) is 2.92. The topological polar surface area (TPSA) is 47.3 Å². The van der Waals surface area contributed by atoms with Crippen molar-refractivity contribution in [2.75, 3.05) is 6.61 Å². The van der Waals surface area contributed by atoms with E-state index >= 15 is 0 Å². The van der Waals surface area contributed by atoms with Crippen LogP contribution in [0.2, 0.25) is 0 Å². The van der Waals surface area contributed by atoms with Crippen molar-refractivity contribution < 1.29 is 4.74 Å². The number of nitrogens with two attached hydrogens (primary N) is 1. The van der Waals surface area contributed by atoms with E-state index in [4.69, 9.17) is 10.6 Å². The molecule has 48 valence electrons. The Labute approximate surface area is 49.2 Å². The minimum Gasteiger partial charge on any atom is -0.377 e. The molecule has 0 aromatic heterocycles. The van der Waals surface area contributed by atoms with Gasteiger partial charge in [0.2, 0.25) is 0 Å². The van der Waals surface area contributed by atoms with E-state index in [2.05, 4.69) is 5.43 Å². The minimum absolute atomic E-state index is 0.292. The molecule has 1 aliphatic heterocycles. The van der Waals surface area contributed by atoms with Gasteiger partial charge in [-0.05, 0) is 13.3 Å². The molecule has 0 radical (unpaired) electrons. The van der Waals surface area contributed by atoms with Gasteiger partial charge in [-0.3, -0.25) is 11.3 Å². The summed E-state index contributed by atoms with van der Waals surface area (Å²) in [6, 6.07) is 0.370. The Kier molecular flexibility index (Phi) is 1.83. The van der Waals surface area contributed by atoms with Crippen molar-refractivity contribution in [3.63, 3.8) is 0 Å². The van der Waals surface area contributed by atoms with E-state index in [1.165, 1.54) is 0 Å². The maximum absolute atomic E-state index is 5.21. The van der Waals surface area contributed by atoms with Gasteiger partial charge < -0.3 is 4.74 Å². The lowest BCUT2D eigenvalue weighted by Crippen LogP contribution is -2.39. The van der Waals surface area contributed by atoms with Crippen LogP contribution in [0.25, 0.3) is 0 Å². The second-order valence-electron chi connectivity index (χ2n) is 2.14. The number of hydrazine groups is 1. The van der Waals surface area contributed by atoms with Crippen molar-refractivity contribution in [3.05, 3.63) is 0 Å². The minimum atomic E-state index is 0.292. The van der Waals surface area contributed by atoms with Crippen LogP contribution in [0, 0.1) is 0 Å². The summed E-state index contributed by atoms with van der Waals surface area (Å²) in [7, 11) is 0. The van der Waals surface area contributed by atoms with Gasteiger partial charge in [0.05, 0.1) is 6.10 Å². The fraction of sp³-hybridized carbons (Fsp3) is 1.00. The van der Waals surface area contributed by atoms with Crippen LogP contribution in [0.15, 0.2) is 0 Å². The van der Waals surface area contributed by atoms with Crippen molar-refractivity contribution >= 4 is 0 Å². The van der Waals surface area contributed by atoms with Gasteiger partial charge >= 0.3 is 0 Å². The van der Waals surface area contributed by atoms with E-state index in [1.807, 2.05) is 6.92 Å². The summed E-state index contributed by atoms with van der Waals surface area (Å²) in [6.45, 7) is 2.87. The predicted molar refractivity (Wildman–Crippen MR) is 31.1 cm³/mol. The van der Waals surface area contributed by atoms with Gasteiger partial charge in [0, 0.05) is 12.6 Å². The summed E-state index contributed by atoms with van der Waals surface area (Å²) in [4.78, 5) is 0. The average Bonchev–Trinajstić information content (AvgIpc) is 2.14. The van der Waals surface area contributed by atoms with Gasteiger partial charge in [0.1, 0.15) is 0 Å². The Morgan fingerprint density at radius 2 is 2.50 bits per heavy atom. The zero-order valence-electron chi connectivity index (χ0n) is 5.05. The molecular weight excluding hydrogens is 104 g/mol. The largest absolute Gasteiger partial charge is 0.377 e. The number of rotatable bonds is 1. The molecule has 0 saturated carbocycles. The molecule has 1 aliphatic rings. The Morgan fingerprint density at radius 3 is 2.75 bits per heavy atom. The van der Waals surface area contributed by atoms with E-state index in [9.17, 15) is 0 Å². The average molecular weight is 116 g/mol. The van der Waals surface area contributed by atoms with E-state index in [0.29, 0.717) is 12.1 Å². The Balaban J connectivity index is 2.30. The normalized spacial score (nSPS) is 38.2. The van der Waals surface area contributed by atoms with Crippen LogP contribution in [-0.2, 0) is 4.74 Å². The fourth-order valence-corrected chi connectivity index (χ4v) is 0.951. The summed E-state index contributed by atoms with van der Waals surface area (Å²) in [5, 5.41) is 0. The lowest BCUT2D eigenvalue weighted by atomic mass is 10.2. The van der Waals surface area contributed by atoms with Gasteiger partial charge in [-0.15, -0.1) is 0 Å². The Bertz CT molecular complexity index is 76.8. The molecule has 1 heterocycles. The zero-order valence-corrected chi connectivity index (χ0v) is 5.05. The molecule has 2 atom stereocenters. The third kappa shape index (κ3) is 0.992. The smallest absolute Gasteiger partial charge is 0.0714 e. The van der Waals surface area contributed by atoms with Gasteiger partial charge in [-0.2, -0.15) is 0 Å². The van der Waals surface area contributed by atoms with Crippen LogP contribution in [0.3, 0.4) is 0 Å². The van der Waals surface area contributed by atoms with Gasteiger partial charge in [-0.1, -0.05) is 0 Å². The van der Waals surface area contributed by atoms with Crippen LogP contribution in [0.1, 0.15) is 13.3 Å². The molecule has 0 aromatic rings. The first-order chi connectivity index (χ1) is 3.84. The van der Waals surface area contributed by atoms with Crippen molar-refractivity contribution in [1.29, 1.82) is 0 Å². The van der Waals surface area contributed by atoms with Crippen molar-refractivity contribution in [2.24, 2.45) is 5.84 Å². The van der Waals surface area contributed by atoms with Crippen LogP contribution in [-0.4, -0.2) is 18.8 Å². The Hall–Kier alpha value is -0.120. The van der Waals surface area contributed by atoms with Crippen molar-refractivity contribution in [3.8, 4) is 0 Å². The van der Waals surface area contributed by atoms with E-state index < -0.39 is 0 Å². The number of ether oxygens (including phenoxy) is 1. The van der Waals surface area contributed by atoms with E-state index in [0.717, 1.165) is 13.0 Å². The van der Waals surface area contributed by atoms with Crippen LogP contribution in [0.5, 0.6) is 0 Å². The molecule has 0 aromatic carbocycles. The lowest BCUT2D eigenvalue weighted by molar-refractivity contribution is 0.113. The lowest BCUT2D eigenvalue weighted by Gasteiger charge is -2.10. The Morgan fingerprint density at radius 1 is 1.75 bits per heavy atom. The maximum Gasteiger partial charge on any atom is 0.0714 e. The SMILES string of the molecule is C[C@H]1OCCC1NN. The molecule has 3 nitrogen and oxygen atoms in total. The van der Waals surface area contributed by atoms with Crippen LogP contribution >= 0.6 is 0 Å². The van der Waals surface area contributed by atoms with Crippen molar-refractivity contribution in [1.82, 2.24) is 5.43 Å². The molecule has 8 heavy (non-hydrogen) atoms. The molecule has 0 amide bonds. The zero-order chi connectivity index (χ0) is 5.98. The first kappa shape index (κ1) is 6.01. The molecule has 1 unspecified atom stereocenters. The molecule has 3 heteroatoms. The highest BCUT2D eigenvalue weighted by atomic mass is 16.5. The molecule has 1 fully saturated rings. The van der Waals surface area contributed by atoms with Crippen LogP contribution < -0.4 is 11.3 Å². The maximum atomic E-state index is 5.21. The third-order valence-corrected chi connectivity index (χ3v) is 1.59. The van der Waals surface area contributed by atoms with E-state index in [-0.39, 0.29) is 0 Å². The first-order valence-corrected chi connectivity index (χ1v) is 2.92. The van der Waals surface area contributed by atoms with Crippen LogP contribution in [0.4, 0.5) is 0 Å². The number of hydrogen-bond donors (Lipinski definition) is 2. The molecule has 0 bridgehead atoms. The predicted octanol–water partition coefficient (Wildman–Crippen LogP) is -0.373. The highest BCUT2D eigenvalue weighted by molar-refractivity contribution is 4.76. The van der Waals surface area contributed by atoms with Gasteiger partial charge in [0.25, 0.3) is 0 Å². The standard InChI is InChI=1S/C5H12N2O/c1-4-5(7-6)2-3-8-4/h4-5,7H,2-3,6H2,1H3/t4-,5?/m1/s1. The molecule has 0 aliphatic carbocycles. The summed E-state index contributed by atoms with van der Waals surface area (Å²) < 4.78 is 5.21. The van der Waals surface area contributed by atoms with Crippen molar-refractivity contribution in [2.45, 2.75) is 25.5 Å². The molecule has 1 rings (SSSR count). The monoisotopic (exact) mass is 116 g/mol. The molecule has 1 saturated heterocycles. The fourth-order valence-electron chi connectivity index (χ4n) is 0.951. The molecular formula is C5H12N2O. The highest BCUT2D eigenvalue weighted by Gasteiger charge is 2.21.